The fourth-order valence-corrected chi connectivity index (χ4v) is 1.99. The lowest BCUT2D eigenvalue weighted by Crippen LogP contribution is -2.49. The van der Waals surface area contributed by atoms with E-state index in [0.29, 0.717) is 29.2 Å². The van der Waals surface area contributed by atoms with E-state index in [2.05, 4.69) is 25.9 Å². The minimum absolute atomic E-state index is 0.0790. The van der Waals surface area contributed by atoms with Crippen LogP contribution in [-0.4, -0.2) is 47.5 Å². The molecule has 0 aliphatic carbocycles. The number of piperazine rings is 1. The third-order valence-electron chi connectivity index (χ3n) is 2.55. The molecule has 1 aliphatic rings. The molecule has 0 atom stereocenters. The Morgan fingerprint density at radius 3 is 2.88 bits per heavy atom. The van der Waals surface area contributed by atoms with Gasteiger partial charge in [0.1, 0.15) is 22.4 Å². The van der Waals surface area contributed by atoms with Crippen LogP contribution in [0.1, 0.15) is 0 Å². The van der Waals surface area contributed by atoms with Gasteiger partial charge in [-0.3, -0.25) is 4.79 Å². The monoisotopic (exact) mass is 285 g/mol. The van der Waals surface area contributed by atoms with Gasteiger partial charge in [0, 0.05) is 20.1 Å². The highest BCUT2D eigenvalue weighted by molar-refractivity contribution is 9.10. The van der Waals surface area contributed by atoms with Crippen molar-refractivity contribution >= 4 is 33.5 Å². The maximum absolute atomic E-state index is 11.6. The smallest absolute Gasteiger partial charge is 0.241 e. The van der Waals surface area contributed by atoms with E-state index in [0.717, 1.165) is 6.54 Å². The summed E-state index contributed by atoms with van der Waals surface area (Å²) >= 11 is 3.33. The Morgan fingerprint density at radius 2 is 2.19 bits per heavy atom. The number of amides is 1. The third kappa shape index (κ3) is 1.95. The summed E-state index contributed by atoms with van der Waals surface area (Å²) in [6.07, 6.45) is 1.40. The summed E-state index contributed by atoms with van der Waals surface area (Å²) in [5.41, 5.74) is 5.67. The number of carbonyl (C=O) groups is 1. The van der Waals surface area contributed by atoms with Crippen LogP contribution in [0.2, 0.25) is 0 Å². The number of aromatic nitrogens is 2. The molecule has 1 aromatic rings. The van der Waals surface area contributed by atoms with Crippen molar-refractivity contribution in [3.63, 3.8) is 0 Å². The van der Waals surface area contributed by atoms with Gasteiger partial charge in [-0.1, -0.05) is 0 Å². The predicted octanol–water partition coefficient (Wildman–Crippen LogP) is 0.0997. The van der Waals surface area contributed by atoms with Gasteiger partial charge in [-0.2, -0.15) is 0 Å². The topological polar surface area (TPSA) is 75.3 Å². The second-order valence-electron chi connectivity index (χ2n) is 3.63. The molecule has 7 heteroatoms. The van der Waals surface area contributed by atoms with Gasteiger partial charge in [0.05, 0.1) is 6.54 Å². The van der Waals surface area contributed by atoms with Crippen molar-refractivity contribution in [3.05, 3.63) is 10.8 Å². The van der Waals surface area contributed by atoms with Crippen molar-refractivity contribution in [2.45, 2.75) is 0 Å². The molecule has 0 saturated carbocycles. The fourth-order valence-electron chi connectivity index (χ4n) is 1.53. The summed E-state index contributed by atoms with van der Waals surface area (Å²) < 4.78 is 0.646. The maximum Gasteiger partial charge on any atom is 0.241 e. The Bertz CT molecular complexity index is 424. The standard InChI is InChI=1S/C9H12BrN5O/c1-14-2-3-15(4-6(14)16)9-7(10)8(11)12-5-13-9/h5H,2-4H2,1H3,(H2,11,12,13). The van der Waals surface area contributed by atoms with Gasteiger partial charge in [0.15, 0.2) is 0 Å². The summed E-state index contributed by atoms with van der Waals surface area (Å²) in [5.74, 6) is 1.14. The van der Waals surface area contributed by atoms with E-state index < -0.39 is 0 Å². The number of halogens is 1. The van der Waals surface area contributed by atoms with Crippen LogP contribution >= 0.6 is 15.9 Å². The van der Waals surface area contributed by atoms with Crippen molar-refractivity contribution < 1.29 is 4.79 Å². The largest absolute Gasteiger partial charge is 0.383 e. The Labute approximate surface area is 102 Å². The molecule has 16 heavy (non-hydrogen) atoms. The molecule has 2 heterocycles. The molecule has 6 nitrogen and oxygen atoms in total. The molecule has 2 rings (SSSR count). The van der Waals surface area contributed by atoms with E-state index in [4.69, 9.17) is 5.73 Å². The summed E-state index contributed by atoms with van der Waals surface area (Å²) in [5, 5.41) is 0. The zero-order valence-electron chi connectivity index (χ0n) is 8.85. The minimum Gasteiger partial charge on any atom is -0.383 e. The van der Waals surface area contributed by atoms with Gasteiger partial charge < -0.3 is 15.5 Å². The number of carbonyl (C=O) groups excluding carboxylic acids is 1. The number of nitrogens with zero attached hydrogens (tertiary/aromatic N) is 4. The first-order valence-corrected chi connectivity index (χ1v) is 5.64. The van der Waals surface area contributed by atoms with Crippen LogP contribution in [-0.2, 0) is 4.79 Å². The maximum atomic E-state index is 11.6. The van der Waals surface area contributed by atoms with Crippen LogP contribution in [0.15, 0.2) is 10.8 Å². The molecule has 0 bridgehead atoms. The van der Waals surface area contributed by atoms with Crippen molar-refractivity contribution in [2.75, 3.05) is 37.3 Å². The number of likely N-dealkylation sites (N-methyl/N-ethyl adjacent to an activating group) is 1. The van der Waals surface area contributed by atoms with Crippen molar-refractivity contribution in [1.82, 2.24) is 14.9 Å². The number of hydrogen-bond acceptors (Lipinski definition) is 5. The minimum atomic E-state index is 0.0790. The second kappa shape index (κ2) is 4.25. The summed E-state index contributed by atoms with van der Waals surface area (Å²) in [7, 11) is 1.79. The highest BCUT2D eigenvalue weighted by Gasteiger charge is 2.24. The third-order valence-corrected chi connectivity index (χ3v) is 3.32. The molecule has 0 unspecified atom stereocenters. The summed E-state index contributed by atoms with van der Waals surface area (Å²) in [6, 6.07) is 0. The molecule has 1 aliphatic heterocycles. The van der Waals surface area contributed by atoms with Crippen LogP contribution in [0.3, 0.4) is 0 Å². The van der Waals surface area contributed by atoms with Crippen LogP contribution in [0.4, 0.5) is 11.6 Å². The Balaban J connectivity index is 2.25. The molecule has 1 amide bonds. The van der Waals surface area contributed by atoms with E-state index in [9.17, 15) is 4.79 Å². The first-order chi connectivity index (χ1) is 7.59. The molecule has 0 spiro atoms. The molecular formula is C9H12BrN5O. The molecular weight excluding hydrogens is 274 g/mol. The summed E-state index contributed by atoms with van der Waals surface area (Å²) in [4.78, 5) is 23.2. The van der Waals surface area contributed by atoms with E-state index >= 15 is 0 Å². The van der Waals surface area contributed by atoms with Gasteiger partial charge in [-0.15, -0.1) is 0 Å². The molecule has 0 radical (unpaired) electrons. The zero-order valence-corrected chi connectivity index (χ0v) is 10.4. The number of anilines is 2. The van der Waals surface area contributed by atoms with Crippen LogP contribution in [0.25, 0.3) is 0 Å². The quantitative estimate of drug-likeness (QED) is 0.792. The number of rotatable bonds is 1. The van der Waals surface area contributed by atoms with Crippen LogP contribution < -0.4 is 10.6 Å². The van der Waals surface area contributed by atoms with Gasteiger partial charge in [-0.25, -0.2) is 9.97 Å². The molecule has 0 aromatic carbocycles. The van der Waals surface area contributed by atoms with E-state index in [1.54, 1.807) is 11.9 Å². The predicted molar refractivity (Wildman–Crippen MR) is 64.0 cm³/mol. The molecule has 1 saturated heterocycles. The van der Waals surface area contributed by atoms with E-state index in [1.807, 2.05) is 4.90 Å². The Morgan fingerprint density at radius 1 is 1.44 bits per heavy atom. The lowest BCUT2D eigenvalue weighted by atomic mass is 10.3. The van der Waals surface area contributed by atoms with Gasteiger partial charge >= 0.3 is 0 Å². The van der Waals surface area contributed by atoms with E-state index in [-0.39, 0.29) is 5.91 Å². The van der Waals surface area contributed by atoms with Crippen LogP contribution in [0.5, 0.6) is 0 Å². The zero-order chi connectivity index (χ0) is 11.7. The molecule has 2 N–H and O–H groups in total. The number of nitrogens with two attached hydrogens (primary N) is 1. The molecule has 1 fully saturated rings. The highest BCUT2D eigenvalue weighted by Crippen LogP contribution is 2.27. The first kappa shape index (κ1) is 11.1. The SMILES string of the molecule is CN1CCN(c2ncnc(N)c2Br)CC1=O. The van der Waals surface area contributed by atoms with Crippen LogP contribution in [0, 0.1) is 0 Å². The number of nitrogen functional groups attached to an aromatic ring is 1. The molecule has 1 aromatic heterocycles. The Hall–Kier alpha value is -1.37. The highest BCUT2D eigenvalue weighted by atomic mass is 79.9. The van der Waals surface area contributed by atoms with Gasteiger partial charge in [0.2, 0.25) is 5.91 Å². The molecule has 86 valence electrons. The Kier molecular flexibility index (Phi) is 2.95. The first-order valence-electron chi connectivity index (χ1n) is 4.84. The lowest BCUT2D eigenvalue weighted by molar-refractivity contribution is -0.129. The van der Waals surface area contributed by atoms with Crippen molar-refractivity contribution in [3.8, 4) is 0 Å². The number of hydrogen-bond donors (Lipinski definition) is 1. The van der Waals surface area contributed by atoms with Crippen molar-refractivity contribution in [1.29, 1.82) is 0 Å². The van der Waals surface area contributed by atoms with E-state index in [1.165, 1.54) is 6.33 Å². The normalized spacial score (nSPS) is 16.8. The lowest BCUT2D eigenvalue weighted by Gasteiger charge is -2.33. The van der Waals surface area contributed by atoms with Gasteiger partial charge in [-0.05, 0) is 15.9 Å². The van der Waals surface area contributed by atoms with Crippen molar-refractivity contribution in [2.24, 2.45) is 0 Å². The van der Waals surface area contributed by atoms with Gasteiger partial charge in [0.25, 0.3) is 0 Å². The average molecular weight is 286 g/mol. The summed E-state index contributed by atoms with van der Waals surface area (Å²) in [6.45, 7) is 1.76. The second-order valence-corrected chi connectivity index (χ2v) is 4.43. The fraction of sp³-hybridized carbons (Fsp3) is 0.444. The average Bonchev–Trinajstić information content (AvgIpc) is 2.26.